The minimum atomic E-state index is -2.84. The van der Waals surface area contributed by atoms with Crippen molar-refractivity contribution in [2.45, 2.75) is 26.0 Å². The zero-order valence-corrected chi connectivity index (χ0v) is 11.1. The van der Waals surface area contributed by atoms with Crippen LogP contribution in [0.3, 0.4) is 0 Å². The van der Waals surface area contributed by atoms with Crippen LogP contribution < -0.4 is 15.4 Å². The minimum absolute atomic E-state index is 0.0201. The van der Waals surface area contributed by atoms with Crippen molar-refractivity contribution in [3.63, 3.8) is 0 Å². The van der Waals surface area contributed by atoms with Gasteiger partial charge >= 0.3 is 6.61 Å². The molecule has 0 radical (unpaired) electrons. The van der Waals surface area contributed by atoms with Crippen LogP contribution in [0.25, 0.3) is 0 Å². The van der Waals surface area contributed by atoms with Crippen molar-refractivity contribution >= 4 is 5.91 Å². The van der Waals surface area contributed by atoms with Gasteiger partial charge in [-0.3, -0.25) is 4.79 Å². The molecule has 0 aliphatic carbocycles. The van der Waals surface area contributed by atoms with Crippen molar-refractivity contribution in [2.75, 3.05) is 13.1 Å². The maximum absolute atomic E-state index is 12.1. The SMILES string of the molecule is O=C(NCc1cccc(OC(F)F)c1)C1CCNCC1. The summed E-state index contributed by atoms with van der Waals surface area (Å²) in [6, 6.07) is 6.36. The van der Waals surface area contributed by atoms with E-state index in [-0.39, 0.29) is 17.6 Å². The zero-order chi connectivity index (χ0) is 14.4. The van der Waals surface area contributed by atoms with Gasteiger partial charge in [-0.05, 0) is 43.6 Å². The Kier molecular flexibility index (Phi) is 5.29. The molecule has 1 fully saturated rings. The van der Waals surface area contributed by atoms with Gasteiger partial charge in [-0.15, -0.1) is 0 Å². The second kappa shape index (κ2) is 7.19. The molecule has 1 aliphatic rings. The van der Waals surface area contributed by atoms with E-state index in [0.717, 1.165) is 31.5 Å². The molecule has 0 unspecified atom stereocenters. The van der Waals surface area contributed by atoms with Crippen LogP contribution in [0, 0.1) is 5.92 Å². The third-order valence-electron chi connectivity index (χ3n) is 3.30. The topological polar surface area (TPSA) is 50.4 Å². The number of benzene rings is 1. The molecule has 1 aromatic carbocycles. The molecule has 1 saturated heterocycles. The molecule has 2 N–H and O–H groups in total. The minimum Gasteiger partial charge on any atom is -0.435 e. The largest absolute Gasteiger partial charge is 0.435 e. The third kappa shape index (κ3) is 4.45. The van der Waals surface area contributed by atoms with Gasteiger partial charge in [0.25, 0.3) is 0 Å². The molecule has 0 atom stereocenters. The van der Waals surface area contributed by atoms with E-state index in [0.29, 0.717) is 6.54 Å². The first-order valence-electron chi connectivity index (χ1n) is 6.67. The Balaban J connectivity index is 1.85. The molecule has 0 bridgehead atoms. The average molecular weight is 284 g/mol. The van der Waals surface area contributed by atoms with Gasteiger partial charge in [0.15, 0.2) is 0 Å². The van der Waals surface area contributed by atoms with E-state index in [1.807, 2.05) is 0 Å². The fourth-order valence-electron chi connectivity index (χ4n) is 2.25. The maximum Gasteiger partial charge on any atom is 0.387 e. The van der Waals surface area contributed by atoms with Gasteiger partial charge in [0.1, 0.15) is 5.75 Å². The van der Waals surface area contributed by atoms with Gasteiger partial charge in [-0.25, -0.2) is 0 Å². The number of ether oxygens (including phenoxy) is 1. The van der Waals surface area contributed by atoms with E-state index in [1.54, 1.807) is 12.1 Å². The van der Waals surface area contributed by atoms with Crippen LogP contribution >= 0.6 is 0 Å². The number of rotatable bonds is 5. The highest BCUT2D eigenvalue weighted by atomic mass is 19.3. The number of carbonyl (C=O) groups excluding carboxylic acids is 1. The van der Waals surface area contributed by atoms with Gasteiger partial charge in [-0.2, -0.15) is 8.78 Å². The predicted molar refractivity (Wildman–Crippen MR) is 70.5 cm³/mol. The second-order valence-electron chi connectivity index (χ2n) is 4.77. The van der Waals surface area contributed by atoms with Crippen LogP contribution in [0.5, 0.6) is 5.75 Å². The highest BCUT2D eigenvalue weighted by molar-refractivity contribution is 5.78. The third-order valence-corrected chi connectivity index (χ3v) is 3.30. The van der Waals surface area contributed by atoms with Crippen LogP contribution in [-0.4, -0.2) is 25.6 Å². The predicted octanol–water partition coefficient (Wildman–Crippen LogP) is 1.90. The molecule has 1 aliphatic heterocycles. The Morgan fingerprint density at radius 3 is 2.85 bits per heavy atom. The normalized spacial score (nSPS) is 16.1. The van der Waals surface area contributed by atoms with Crippen molar-refractivity contribution in [3.8, 4) is 5.75 Å². The lowest BCUT2D eigenvalue weighted by Crippen LogP contribution is -2.37. The lowest BCUT2D eigenvalue weighted by Gasteiger charge is -2.21. The molecule has 1 amide bonds. The molecule has 0 aromatic heterocycles. The number of nitrogens with one attached hydrogen (secondary N) is 2. The van der Waals surface area contributed by atoms with E-state index >= 15 is 0 Å². The van der Waals surface area contributed by atoms with E-state index in [2.05, 4.69) is 15.4 Å². The summed E-state index contributed by atoms with van der Waals surface area (Å²) in [6.07, 6.45) is 1.67. The van der Waals surface area contributed by atoms with E-state index in [4.69, 9.17) is 0 Å². The summed E-state index contributed by atoms with van der Waals surface area (Å²) in [5.41, 5.74) is 0.741. The Hall–Kier alpha value is -1.69. The molecule has 6 heteroatoms. The fourth-order valence-corrected chi connectivity index (χ4v) is 2.25. The maximum atomic E-state index is 12.1. The van der Waals surface area contributed by atoms with E-state index < -0.39 is 6.61 Å². The van der Waals surface area contributed by atoms with Crippen LogP contribution in [0.2, 0.25) is 0 Å². The van der Waals surface area contributed by atoms with Gasteiger partial charge in [0, 0.05) is 12.5 Å². The quantitative estimate of drug-likeness (QED) is 0.868. The highest BCUT2D eigenvalue weighted by Crippen LogP contribution is 2.16. The molecule has 0 spiro atoms. The summed E-state index contributed by atoms with van der Waals surface area (Å²) >= 11 is 0. The molecule has 0 saturated carbocycles. The van der Waals surface area contributed by atoms with Crippen molar-refractivity contribution in [3.05, 3.63) is 29.8 Å². The van der Waals surface area contributed by atoms with E-state index in [9.17, 15) is 13.6 Å². The second-order valence-corrected chi connectivity index (χ2v) is 4.77. The number of hydrogen-bond donors (Lipinski definition) is 2. The van der Waals surface area contributed by atoms with Gasteiger partial charge in [-0.1, -0.05) is 12.1 Å². The summed E-state index contributed by atoms with van der Waals surface area (Å²) in [5.74, 6) is 0.164. The summed E-state index contributed by atoms with van der Waals surface area (Å²) in [6.45, 7) is -0.802. The molecule has 110 valence electrons. The van der Waals surface area contributed by atoms with Gasteiger partial charge in [0.2, 0.25) is 5.91 Å². The van der Waals surface area contributed by atoms with Crippen molar-refractivity contribution < 1.29 is 18.3 Å². The molecular weight excluding hydrogens is 266 g/mol. The number of piperidine rings is 1. The summed E-state index contributed by atoms with van der Waals surface area (Å²) in [7, 11) is 0. The average Bonchev–Trinajstić information content (AvgIpc) is 2.45. The lowest BCUT2D eigenvalue weighted by atomic mass is 9.97. The highest BCUT2D eigenvalue weighted by Gasteiger charge is 2.20. The lowest BCUT2D eigenvalue weighted by molar-refractivity contribution is -0.125. The summed E-state index contributed by atoms with van der Waals surface area (Å²) < 4.78 is 28.5. The van der Waals surface area contributed by atoms with Crippen LogP contribution in [-0.2, 0) is 11.3 Å². The van der Waals surface area contributed by atoms with Crippen LogP contribution in [0.15, 0.2) is 24.3 Å². The zero-order valence-electron chi connectivity index (χ0n) is 11.1. The Bertz CT molecular complexity index is 449. The summed E-state index contributed by atoms with van der Waals surface area (Å²) in [4.78, 5) is 11.9. The molecule has 1 heterocycles. The Labute approximate surface area is 116 Å². The fraction of sp³-hybridized carbons (Fsp3) is 0.500. The van der Waals surface area contributed by atoms with Crippen LogP contribution in [0.4, 0.5) is 8.78 Å². The Morgan fingerprint density at radius 1 is 1.40 bits per heavy atom. The Morgan fingerprint density at radius 2 is 2.15 bits per heavy atom. The van der Waals surface area contributed by atoms with Gasteiger partial charge in [0.05, 0.1) is 0 Å². The van der Waals surface area contributed by atoms with E-state index in [1.165, 1.54) is 12.1 Å². The molecule has 20 heavy (non-hydrogen) atoms. The van der Waals surface area contributed by atoms with Crippen molar-refractivity contribution in [2.24, 2.45) is 5.92 Å². The summed E-state index contributed by atoms with van der Waals surface area (Å²) in [5, 5.41) is 6.04. The first-order chi connectivity index (χ1) is 9.65. The van der Waals surface area contributed by atoms with Gasteiger partial charge < -0.3 is 15.4 Å². The molecule has 4 nitrogen and oxygen atoms in total. The number of hydrogen-bond acceptors (Lipinski definition) is 3. The number of carbonyl (C=O) groups is 1. The smallest absolute Gasteiger partial charge is 0.387 e. The number of amides is 1. The molecular formula is C14H18F2N2O2. The first-order valence-corrected chi connectivity index (χ1v) is 6.67. The molecule has 2 rings (SSSR count). The van der Waals surface area contributed by atoms with Crippen molar-refractivity contribution in [1.29, 1.82) is 0 Å². The first kappa shape index (κ1) is 14.7. The monoisotopic (exact) mass is 284 g/mol. The van der Waals surface area contributed by atoms with Crippen LogP contribution in [0.1, 0.15) is 18.4 Å². The van der Waals surface area contributed by atoms with Crippen molar-refractivity contribution in [1.82, 2.24) is 10.6 Å². The molecule has 1 aromatic rings. The standard InChI is InChI=1S/C14H18F2N2O2/c15-14(16)20-12-3-1-2-10(8-12)9-18-13(19)11-4-6-17-7-5-11/h1-3,8,11,14,17H,4-7,9H2,(H,18,19). The number of halogens is 2. The number of alkyl halides is 2.